The number of para-hydroxylation sites is 4. The Labute approximate surface area is 336 Å². The van der Waals surface area contributed by atoms with E-state index in [1.54, 1.807) is 0 Å². The zero-order valence-electron chi connectivity index (χ0n) is 31.5. The Morgan fingerprint density at radius 1 is 0.390 bits per heavy atom. The molecule has 5 nitrogen and oxygen atoms in total. The SMILES string of the molecule is c1ccc2c(c1)-c1ccccc1-n1c3ccccc3c3cc4c(c-2c31)c1ccccc1n4-c1nc(-c2cccc3oc4ccccc4c23)c2c(ccc3ccccc32)n1. The lowest BCUT2D eigenvalue weighted by molar-refractivity contribution is 0.669. The lowest BCUT2D eigenvalue weighted by Gasteiger charge is -2.15. The van der Waals surface area contributed by atoms with Crippen molar-refractivity contribution < 1.29 is 4.42 Å². The van der Waals surface area contributed by atoms with Crippen molar-refractivity contribution in [2.75, 3.05) is 0 Å². The second-order valence-electron chi connectivity index (χ2n) is 15.6. The molecule has 1 aliphatic heterocycles. The predicted molar refractivity (Wildman–Crippen MR) is 243 cm³/mol. The number of furan rings is 1. The number of rotatable bonds is 2. The molecule has 0 atom stereocenters. The van der Waals surface area contributed by atoms with Crippen LogP contribution < -0.4 is 0 Å². The summed E-state index contributed by atoms with van der Waals surface area (Å²) in [7, 11) is 0. The van der Waals surface area contributed by atoms with Crippen molar-refractivity contribution in [1.29, 1.82) is 0 Å². The molecule has 13 aromatic rings. The van der Waals surface area contributed by atoms with E-state index < -0.39 is 0 Å². The van der Waals surface area contributed by atoms with Gasteiger partial charge < -0.3 is 8.98 Å². The third kappa shape index (κ3) is 4.03. The monoisotopic (exact) mass is 750 g/mol. The van der Waals surface area contributed by atoms with Crippen LogP contribution in [0, 0.1) is 0 Å². The maximum absolute atomic E-state index is 6.45. The Kier molecular flexibility index (Phi) is 5.96. The van der Waals surface area contributed by atoms with Crippen LogP contribution in [-0.4, -0.2) is 19.1 Å². The van der Waals surface area contributed by atoms with Crippen LogP contribution in [0.15, 0.2) is 186 Å². The van der Waals surface area contributed by atoms with Crippen LogP contribution >= 0.6 is 0 Å². The first-order valence-electron chi connectivity index (χ1n) is 20.1. The molecule has 1 aliphatic rings. The summed E-state index contributed by atoms with van der Waals surface area (Å²) in [4.78, 5) is 11.2. The summed E-state index contributed by atoms with van der Waals surface area (Å²) >= 11 is 0. The van der Waals surface area contributed by atoms with Gasteiger partial charge in [-0.15, -0.1) is 0 Å². The highest BCUT2D eigenvalue weighted by atomic mass is 16.3. The van der Waals surface area contributed by atoms with Crippen LogP contribution in [0.1, 0.15) is 0 Å². The summed E-state index contributed by atoms with van der Waals surface area (Å²) < 4.78 is 11.2. The fraction of sp³-hybridized carbons (Fsp3) is 0. The lowest BCUT2D eigenvalue weighted by atomic mass is 9.91. The molecule has 14 rings (SSSR count). The number of hydrogen-bond acceptors (Lipinski definition) is 3. The topological polar surface area (TPSA) is 48.8 Å². The molecule has 0 amide bonds. The van der Waals surface area contributed by atoms with Crippen molar-refractivity contribution in [2.24, 2.45) is 0 Å². The molecule has 5 heterocycles. The molecule has 0 aliphatic carbocycles. The second-order valence-corrected chi connectivity index (χ2v) is 15.6. The van der Waals surface area contributed by atoms with Gasteiger partial charge in [0, 0.05) is 54.4 Å². The third-order valence-electron chi connectivity index (χ3n) is 12.7. The third-order valence-corrected chi connectivity index (χ3v) is 12.7. The van der Waals surface area contributed by atoms with Crippen LogP contribution in [0.2, 0.25) is 0 Å². The van der Waals surface area contributed by atoms with Gasteiger partial charge in [-0.2, -0.15) is 0 Å². The molecule has 0 bridgehead atoms. The van der Waals surface area contributed by atoms with Crippen molar-refractivity contribution in [3.8, 4) is 45.1 Å². The maximum atomic E-state index is 6.45. The van der Waals surface area contributed by atoms with Gasteiger partial charge in [0.15, 0.2) is 0 Å². The van der Waals surface area contributed by atoms with E-state index in [0.717, 1.165) is 71.3 Å². The van der Waals surface area contributed by atoms with Gasteiger partial charge in [0.05, 0.1) is 39.0 Å². The fourth-order valence-corrected chi connectivity index (χ4v) is 10.3. The minimum absolute atomic E-state index is 0.624. The minimum Gasteiger partial charge on any atom is -0.456 e. The average molecular weight is 751 g/mol. The lowest BCUT2D eigenvalue weighted by Crippen LogP contribution is -2.04. The van der Waals surface area contributed by atoms with E-state index in [4.69, 9.17) is 14.4 Å². The largest absolute Gasteiger partial charge is 0.456 e. The minimum atomic E-state index is 0.624. The molecular formula is C54H30N4O. The van der Waals surface area contributed by atoms with E-state index in [2.05, 4.69) is 179 Å². The predicted octanol–water partition coefficient (Wildman–Crippen LogP) is 14.2. The van der Waals surface area contributed by atoms with Gasteiger partial charge in [-0.1, -0.05) is 140 Å². The van der Waals surface area contributed by atoms with Crippen molar-refractivity contribution in [3.63, 3.8) is 0 Å². The second kappa shape index (κ2) is 11.3. The average Bonchev–Trinajstić information content (AvgIpc) is 3.93. The molecule has 0 N–H and O–H groups in total. The maximum Gasteiger partial charge on any atom is 0.235 e. The Bertz CT molecular complexity index is 3980. The Balaban J connectivity index is 1.19. The summed E-state index contributed by atoms with van der Waals surface area (Å²) in [5, 5.41) is 10.1. The van der Waals surface area contributed by atoms with Gasteiger partial charge in [0.2, 0.25) is 5.95 Å². The van der Waals surface area contributed by atoms with Crippen LogP contribution in [0.3, 0.4) is 0 Å². The Hall–Kier alpha value is -8.02. The molecule has 59 heavy (non-hydrogen) atoms. The first-order chi connectivity index (χ1) is 29.3. The molecule has 4 aromatic heterocycles. The fourth-order valence-electron chi connectivity index (χ4n) is 10.3. The summed E-state index contributed by atoms with van der Waals surface area (Å²) in [6, 6.07) is 65.2. The van der Waals surface area contributed by atoms with E-state index in [1.165, 1.54) is 55.1 Å². The van der Waals surface area contributed by atoms with Crippen molar-refractivity contribution in [2.45, 2.75) is 0 Å². The zero-order chi connectivity index (χ0) is 38.3. The smallest absolute Gasteiger partial charge is 0.235 e. The highest BCUT2D eigenvalue weighted by Crippen LogP contribution is 2.52. The Morgan fingerprint density at radius 2 is 1.05 bits per heavy atom. The van der Waals surface area contributed by atoms with Gasteiger partial charge in [0.25, 0.3) is 0 Å². The molecule has 5 heteroatoms. The van der Waals surface area contributed by atoms with Gasteiger partial charge in [0.1, 0.15) is 11.2 Å². The van der Waals surface area contributed by atoms with Crippen molar-refractivity contribution >= 4 is 87.2 Å². The van der Waals surface area contributed by atoms with Crippen molar-refractivity contribution in [1.82, 2.24) is 19.1 Å². The van der Waals surface area contributed by atoms with Gasteiger partial charge in [-0.05, 0) is 64.4 Å². The number of nitrogens with zero attached hydrogens (tertiary/aromatic N) is 4. The number of hydrogen-bond donors (Lipinski definition) is 0. The quantitative estimate of drug-likeness (QED) is 0.165. The highest BCUT2D eigenvalue weighted by Gasteiger charge is 2.29. The van der Waals surface area contributed by atoms with Crippen LogP contribution in [0.25, 0.3) is 132 Å². The molecular weight excluding hydrogens is 721 g/mol. The molecule has 0 fully saturated rings. The molecule has 272 valence electrons. The van der Waals surface area contributed by atoms with E-state index in [0.29, 0.717) is 5.95 Å². The molecule has 0 radical (unpaired) electrons. The summed E-state index contributed by atoms with van der Waals surface area (Å²) in [6.07, 6.45) is 0. The molecule has 0 spiro atoms. The van der Waals surface area contributed by atoms with E-state index in [1.807, 2.05) is 12.1 Å². The van der Waals surface area contributed by atoms with E-state index >= 15 is 0 Å². The van der Waals surface area contributed by atoms with Gasteiger partial charge >= 0.3 is 0 Å². The van der Waals surface area contributed by atoms with E-state index in [-0.39, 0.29) is 0 Å². The Morgan fingerprint density at radius 3 is 1.93 bits per heavy atom. The molecule has 9 aromatic carbocycles. The van der Waals surface area contributed by atoms with Crippen molar-refractivity contribution in [3.05, 3.63) is 182 Å². The van der Waals surface area contributed by atoms with E-state index in [9.17, 15) is 0 Å². The normalized spacial score (nSPS) is 12.4. The van der Waals surface area contributed by atoms with Gasteiger partial charge in [-0.25, -0.2) is 9.97 Å². The summed E-state index contributed by atoms with van der Waals surface area (Å²) in [5.74, 6) is 0.624. The number of aromatic nitrogens is 4. The van der Waals surface area contributed by atoms with Crippen LogP contribution in [-0.2, 0) is 0 Å². The first kappa shape index (κ1) is 31.1. The van der Waals surface area contributed by atoms with Crippen LogP contribution in [0.4, 0.5) is 0 Å². The van der Waals surface area contributed by atoms with Crippen LogP contribution in [0.5, 0.6) is 0 Å². The first-order valence-corrected chi connectivity index (χ1v) is 20.1. The summed E-state index contributed by atoms with van der Waals surface area (Å²) in [5.41, 5.74) is 15.0. The molecule has 0 saturated heterocycles. The standard InChI is InChI=1S/C54H30N4O/c1-2-15-32-31(14-1)28-29-41-49(32)52(39-22-13-27-47-48(39)38-21-8-12-26-46(38)59-47)56-54(55-41)58-44-25-11-7-20-37(44)50-45(58)30-40-35-18-6-10-24-43(35)57-42-23-9-5-17-34(42)33-16-3-4-19-36(33)51(50)53(40)57/h1-30H. The number of benzene rings is 9. The summed E-state index contributed by atoms with van der Waals surface area (Å²) in [6.45, 7) is 0. The molecule has 0 saturated carbocycles. The number of fused-ring (bicyclic) bond motifs is 18. The molecule has 0 unspecified atom stereocenters. The highest BCUT2D eigenvalue weighted by molar-refractivity contribution is 6.29. The zero-order valence-corrected chi connectivity index (χ0v) is 31.5. The van der Waals surface area contributed by atoms with Gasteiger partial charge in [-0.3, -0.25) is 4.57 Å².